The Labute approximate surface area is 122 Å². The van der Waals surface area contributed by atoms with Crippen LogP contribution in [0.25, 0.3) is 0 Å². The number of non-ortho nitro benzene ring substituents is 1. The van der Waals surface area contributed by atoms with Crippen LogP contribution in [0.3, 0.4) is 0 Å². The standard InChI is InChI=1S/C14H18N2O5/c17-14(18)9-13-10-15(7-8-21-13)6-5-11-1-3-12(4-2-11)16(19)20/h1-4,13H,5-10H2,(H,17,18). The summed E-state index contributed by atoms with van der Waals surface area (Å²) >= 11 is 0. The van der Waals surface area contributed by atoms with Crippen molar-refractivity contribution >= 4 is 11.7 Å². The topological polar surface area (TPSA) is 92.9 Å². The maximum absolute atomic E-state index is 10.7. The maximum Gasteiger partial charge on any atom is 0.306 e. The predicted molar refractivity (Wildman–Crippen MR) is 75.2 cm³/mol. The Morgan fingerprint density at radius 2 is 2.14 bits per heavy atom. The molecular formula is C14H18N2O5. The third-order valence-corrected chi connectivity index (χ3v) is 3.49. The van der Waals surface area contributed by atoms with E-state index < -0.39 is 10.9 Å². The van der Waals surface area contributed by atoms with E-state index in [0.29, 0.717) is 13.2 Å². The Bertz CT molecular complexity index is 503. The summed E-state index contributed by atoms with van der Waals surface area (Å²) in [7, 11) is 0. The number of rotatable bonds is 6. The highest BCUT2D eigenvalue weighted by Gasteiger charge is 2.22. The zero-order valence-corrected chi connectivity index (χ0v) is 11.6. The summed E-state index contributed by atoms with van der Waals surface area (Å²) in [5.74, 6) is -0.850. The Balaban J connectivity index is 1.82. The molecule has 1 aromatic rings. The van der Waals surface area contributed by atoms with Gasteiger partial charge in [-0.25, -0.2) is 0 Å². The van der Waals surface area contributed by atoms with E-state index >= 15 is 0 Å². The molecule has 0 amide bonds. The largest absolute Gasteiger partial charge is 0.481 e. The van der Waals surface area contributed by atoms with Crippen molar-refractivity contribution in [2.24, 2.45) is 0 Å². The van der Waals surface area contributed by atoms with Crippen molar-refractivity contribution in [2.75, 3.05) is 26.2 Å². The van der Waals surface area contributed by atoms with Crippen LogP contribution in [0.4, 0.5) is 5.69 Å². The molecule has 0 aromatic heterocycles. The molecule has 21 heavy (non-hydrogen) atoms. The number of carboxylic acid groups (broad SMARTS) is 1. The normalized spacial score (nSPS) is 19.3. The number of nitro benzene ring substituents is 1. The number of nitrogens with zero attached hydrogens (tertiary/aromatic N) is 2. The van der Waals surface area contributed by atoms with Gasteiger partial charge in [-0.3, -0.25) is 19.8 Å². The lowest BCUT2D eigenvalue weighted by molar-refractivity contribution is -0.384. The average Bonchev–Trinajstić information content (AvgIpc) is 2.45. The lowest BCUT2D eigenvalue weighted by Gasteiger charge is -2.32. The third kappa shape index (κ3) is 4.80. The van der Waals surface area contributed by atoms with E-state index in [9.17, 15) is 14.9 Å². The van der Waals surface area contributed by atoms with Crippen molar-refractivity contribution in [3.05, 3.63) is 39.9 Å². The van der Waals surface area contributed by atoms with Crippen LogP contribution in [0.15, 0.2) is 24.3 Å². The summed E-state index contributed by atoms with van der Waals surface area (Å²) in [4.78, 5) is 23.0. The monoisotopic (exact) mass is 294 g/mol. The van der Waals surface area contributed by atoms with Crippen LogP contribution in [0, 0.1) is 10.1 Å². The smallest absolute Gasteiger partial charge is 0.306 e. The molecule has 1 aliphatic heterocycles. The van der Waals surface area contributed by atoms with Crippen LogP contribution >= 0.6 is 0 Å². The zero-order valence-electron chi connectivity index (χ0n) is 11.6. The molecule has 7 nitrogen and oxygen atoms in total. The molecule has 114 valence electrons. The van der Waals surface area contributed by atoms with Crippen molar-refractivity contribution in [1.29, 1.82) is 0 Å². The summed E-state index contributed by atoms with van der Waals surface area (Å²) in [5.41, 5.74) is 1.12. The van der Waals surface area contributed by atoms with E-state index in [4.69, 9.17) is 9.84 Å². The maximum atomic E-state index is 10.7. The first-order chi connectivity index (χ1) is 10.0. The molecule has 1 aromatic carbocycles. The first kappa shape index (κ1) is 15.4. The second-order valence-electron chi connectivity index (χ2n) is 5.06. The van der Waals surface area contributed by atoms with Crippen molar-refractivity contribution in [1.82, 2.24) is 4.90 Å². The number of nitro groups is 1. The van der Waals surface area contributed by atoms with Gasteiger partial charge in [0.25, 0.3) is 5.69 Å². The summed E-state index contributed by atoms with van der Waals surface area (Å²) < 4.78 is 5.42. The Morgan fingerprint density at radius 1 is 1.43 bits per heavy atom. The van der Waals surface area contributed by atoms with Gasteiger partial charge in [-0.1, -0.05) is 12.1 Å². The molecule has 1 aliphatic rings. The lowest BCUT2D eigenvalue weighted by atomic mass is 10.1. The molecule has 1 saturated heterocycles. The summed E-state index contributed by atoms with van der Waals surface area (Å²) in [6.45, 7) is 2.72. The van der Waals surface area contributed by atoms with Crippen LogP contribution in [-0.4, -0.2) is 53.2 Å². The van der Waals surface area contributed by atoms with Gasteiger partial charge in [0.2, 0.25) is 0 Å². The van der Waals surface area contributed by atoms with E-state index in [1.165, 1.54) is 12.1 Å². The fourth-order valence-electron chi connectivity index (χ4n) is 2.37. The summed E-state index contributed by atoms with van der Waals surface area (Å²) in [5, 5.41) is 19.4. The molecule has 1 fully saturated rings. The van der Waals surface area contributed by atoms with E-state index in [1.807, 2.05) is 0 Å². The van der Waals surface area contributed by atoms with Crippen molar-refractivity contribution in [3.63, 3.8) is 0 Å². The van der Waals surface area contributed by atoms with Crippen LogP contribution in [-0.2, 0) is 16.0 Å². The van der Waals surface area contributed by atoms with Crippen LogP contribution in [0.1, 0.15) is 12.0 Å². The molecule has 7 heteroatoms. The van der Waals surface area contributed by atoms with Gasteiger partial charge < -0.3 is 9.84 Å². The first-order valence-electron chi connectivity index (χ1n) is 6.83. The number of carbonyl (C=O) groups is 1. The van der Waals surface area contributed by atoms with Crippen LogP contribution in [0.2, 0.25) is 0 Å². The highest BCUT2D eigenvalue weighted by Crippen LogP contribution is 2.14. The van der Waals surface area contributed by atoms with Crippen LogP contribution in [0.5, 0.6) is 0 Å². The van der Waals surface area contributed by atoms with Gasteiger partial charge in [0.1, 0.15) is 0 Å². The molecule has 2 rings (SSSR count). The highest BCUT2D eigenvalue weighted by atomic mass is 16.6. The van der Waals surface area contributed by atoms with E-state index in [2.05, 4.69) is 4.90 Å². The van der Waals surface area contributed by atoms with E-state index in [1.54, 1.807) is 12.1 Å². The van der Waals surface area contributed by atoms with Gasteiger partial charge in [0.05, 0.1) is 24.1 Å². The van der Waals surface area contributed by atoms with Crippen molar-refractivity contribution in [2.45, 2.75) is 18.9 Å². The predicted octanol–water partition coefficient (Wildman–Crippen LogP) is 1.31. The minimum absolute atomic E-state index is 0.0219. The van der Waals surface area contributed by atoms with Gasteiger partial charge in [-0.15, -0.1) is 0 Å². The number of benzene rings is 1. The lowest BCUT2D eigenvalue weighted by Crippen LogP contribution is -2.44. The SMILES string of the molecule is O=C(O)CC1CN(CCc2ccc([N+](=O)[O-])cc2)CCO1. The second-order valence-corrected chi connectivity index (χ2v) is 5.06. The van der Waals surface area contributed by atoms with Crippen molar-refractivity contribution in [3.8, 4) is 0 Å². The van der Waals surface area contributed by atoms with Gasteiger partial charge >= 0.3 is 5.97 Å². The van der Waals surface area contributed by atoms with Gasteiger partial charge in [-0.2, -0.15) is 0 Å². The molecule has 1 atom stereocenters. The molecule has 0 bridgehead atoms. The number of morpholine rings is 1. The number of ether oxygens (including phenoxy) is 1. The molecule has 0 spiro atoms. The molecule has 0 saturated carbocycles. The minimum atomic E-state index is -0.850. The number of carboxylic acids is 1. The average molecular weight is 294 g/mol. The molecule has 0 radical (unpaired) electrons. The number of hydrogen-bond donors (Lipinski definition) is 1. The number of aliphatic carboxylic acids is 1. The highest BCUT2D eigenvalue weighted by molar-refractivity contribution is 5.67. The third-order valence-electron chi connectivity index (χ3n) is 3.49. The van der Waals surface area contributed by atoms with Crippen molar-refractivity contribution < 1.29 is 19.6 Å². The Kier molecular flexibility index (Phi) is 5.24. The Morgan fingerprint density at radius 3 is 2.76 bits per heavy atom. The molecule has 1 heterocycles. The van der Waals surface area contributed by atoms with E-state index in [0.717, 1.165) is 25.1 Å². The summed E-state index contributed by atoms with van der Waals surface area (Å²) in [6.07, 6.45) is 0.541. The summed E-state index contributed by atoms with van der Waals surface area (Å²) in [6, 6.07) is 6.52. The molecular weight excluding hydrogens is 276 g/mol. The number of hydrogen-bond acceptors (Lipinski definition) is 5. The second kappa shape index (κ2) is 7.14. The fraction of sp³-hybridized carbons (Fsp3) is 0.500. The van der Waals surface area contributed by atoms with Gasteiger partial charge in [0, 0.05) is 31.8 Å². The van der Waals surface area contributed by atoms with E-state index in [-0.39, 0.29) is 18.2 Å². The molecule has 1 N–H and O–H groups in total. The molecule has 0 aliphatic carbocycles. The first-order valence-corrected chi connectivity index (χ1v) is 6.83. The quantitative estimate of drug-likeness (QED) is 0.628. The zero-order chi connectivity index (χ0) is 15.2. The van der Waals surface area contributed by atoms with Gasteiger partial charge in [-0.05, 0) is 12.0 Å². The minimum Gasteiger partial charge on any atom is -0.481 e. The Hall–Kier alpha value is -1.99. The molecule has 1 unspecified atom stereocenters. The van der Waals surface area contributed by atoms with Gasteiger partial charge in [0.15, 0.2) is 0 Å². The fourth-order valence-corrected chi connectivity index (χ4v) is 2.37. The van der Waals surface area contributed by atoms with Crippen LogP contribution < -0.4 is 0 Å².